The summed E-state index contributed by atoms with van der Waals surface area (Å²) in [5.74, 6) is 0.750. The average Bonchev–Trinajstić information content (AvgIpc) is 2.43. The average molecular weight is 291 g/mol. The fraction of sp³-hybridized carbons (Fsp3) is 0.706. The molecule has 118 valence electrons. The Labute approximate surface area is 129 Å². The molecule has 2 rings (SSSR count). The highest BCUT2D eigenvalue weighted by molar-refractivity contribution is 5.92. The highest BCUT2D eigenvalue weighted by Crippen LogP contribution is 2.58. The zero-order chi connectivity index (χ0) is 16.0. The summed E-state index contributed by atoms with van der Waals surface area (Å²) in [6.07, 6.45) is 0. The fourth-order valence-electron chi connectivity index (χ4n) is 3.67. The fourth-order valence-corrected chi connectivity index (χ4v) is 3.67. The Kier molecular flexibility index (Phi) is 3.85. The molecule has 1 saturated carbocycles. The summed E-state index contributed by atoms with van der Waals surface area (Å²) in [5.41, 5.74) is 1.50. The summed E-state index contributed by atoms with van der Waals surface area (Å²) in [6, 6.07) is 3.80. The third-order valence-electron chi connectivity index (χ3n) is 5.50. The summed E-state index contributed by atoms with van der Waals surface area (Å²) < 4.78 is 0. The van der Waals surface area contributed by atoms with E-state index < -0.39 is 0 Å². The number of amides is 1. The van der Waals surface area contributed by atoms with E-state index in [2.05, 4.69) is 64.0 Å². The van der Waals surface area contributed by atoms with Crippen LogP contribution in [0.25, 0.3) is 0 Å². The van der Waals surface area contributed by atoms with E-state index in [0.29, 0.717) is 17.5 Å². The quantitative estimate of drug-likeness (QED) is 0.925. The molecule has 1 aliphatic rings. The molecule has 1 fully saturated rings. The van der Waals surface area contributed by atoms with E-state index in [9.17, 15) is 4.79 Å². The van der Waals surface area contributed by atoms with Crippen LogP contribution in [0.4, 0.5) is 0 Å². The number of aromatic nitrogens is 2. The number of nitrogens with zero attached hydrogens (tertiary/aromatic N) is 2. The SMILES string of the molecule is CC(C)c1ccc(C(=O)NC2C(C)(C)C(C)C2(C)C)nn1.[HH]. The van der Waals surface area contributed by atoms with Gasteiger partial charge in [0.2, 0.25) is 0 Å². The molecule has 0 atom stereocenters. The van der Waals surface area contributed by atoms with Crippen LogP contribution in [0.5, 0.6) is 0 Å². The first-order valence-corrected chi connectivity index (χ1v) is 7.73. The first kappa shape index (κ1) is 15.9. The normalized spacial score (nSPS) is 26.3. The molecule has 0 unspecified atom stereocenters. The summed E-state index contributed by atoms with van der Waals surface area (Å²) in [5, 5.41) is 11.3. The summed E-state index contributed by atoms with van der Waals surface area (Å²) in [6.45, 7) is 15.2. The van der Waals surface area contributed by atoms with Crippen LogP contribution in [0, 0.1) is 16.7 Å². The summed E-state index contributed by atoms with van der Waals surface area (Å²) in [7, 11) is 0. The van der Waals surface area contributed by atoms with Crippen LogP contribution in [0.1, 0.15) is 72.0 Å². The number of hydrogen-bond acceptors (Lipinski definition) is 3. The predicted molar refractivity (Wildman–Crippen MR) is 86.2 cm³/mol. The third-order valence-corrected chi connectivity index (χ3v) is 5.50. The standard InChI is InChI=1S/C17H27N3O.H2/c1-10(2)12-8-9-13(20-19-12)14(21)18-15-16(4,5)11(3)17(15,6)7;/h8-11,15H,1-7H3,(H,18,21);1H. The Hall–Kier alpha value is -1.45. The Balaban J connectivity index is 0.00000242. The molecule has 0 aromatic carbocycles. The molecule has 1 aliphatic carbocycles. The summed E-state index contributed by atoms with van der Waals surface area (Å²) >= 11 is 0. The van der Waals surface area contributed by atoms with Crippen LogP contribution in [-0.4, -0.2) is 22.1 Å². The van der Waals surface area contributed by atoms with Gasteiger partial charge in [0.15, 0.2) is 5.69 Å². The lowest BCUT2D eigenvalue weighted by Gasteiger charge is -2.63. The monoisotopic (exact) mass is 291 g/mol. The van der Waals surface area contributed by atoms with Crippen LogP contribution in [0.3, 0.4) is 0 Å². The van der Waals surface area contributed by atoms with Gasteiger partial charge in [-0.3, -0.25) is 4.79 Å². The molecule has 1 N–H and O–H groups in total. The molecule has 0 spiro atoms. The molecular weight excluding hydrogens is 262 g/mol. The molecule has 0 bridgehead atoms. The molecule has 0 aliphatic heterocycles. The van der Waals surface area contributed by atoms with Gasteiger partial charge in [0.25, 0.3) is 5.91 Å². The molecule has 4 nitrogen and oxygen atoms in total. The topological polar surface area (TPSA) is 54.9 Å². The van der Waals surface area contributed by atoms with Gasteiger partial charge in [0.1, 0.15) is 0 Å². The van der Waals surface area contributed by atoms with Gasteiger partial charge in [-0.05, 0) is 34.8 Å². The molecule has 1 amide bonds. The van der Waals surface area contributed by atoms with Crippen LogP contribution in [-0.2, 0) is 0 Å². The molecule has 21 heavy (non-hydrogen) atoms. The van der Waals surface area contributed by atoms with Crippen molar-refractivity contribution in [1.82, 2.24) is 15.5 Å². The van der Waals surface area contributed by atoms with E-state index in [-0.39, 0.29) is 24.2 Å². The first-order chi connectivity index (χ1) is 9.58. The maximum Gasteiger partial charge on any atom is 0.272 e. The Morgan fingerprint density at radius 1 is 1.19 bits per heavy atom. The largest absolute Gasteiger partial charge is 0.347 e. The second kappa shape index (κ2) is 5.08. The summed E-state index contributed by atoms with van der Waals surface area (Å²) in [4.78, 5) is 12.4. The predicted octanol–water partition coefficient (Wildman–Crippen LogP) is 3.65. The number of hydrogen-bond donors (Lipinski definition) is 1. The molecule has 0 saturated heterocycles. The van der Waals surface area contributed by atoms with Crippen molar-refractivity contribution in [1.29, 1.82) is 0 Å². The van der Waals surface area contributed by atoms with Crippen LogP contribution < -0.4 is 5.32 Å². The third kappa shape index (κ3) is 2.56. The van der Waals surface area contributed by atoms with Gasteiger partial charge in [0, 0.05) is 7.47 Å². The highest BCUT2D eigenvalue weighted by atomic mass is 16.2. The van der Waals surface area contributed by atoms with E-state index in [1.165, 1.54) is 0 Å². The second-order valence-electron chi connectivity index (χ2n) is 7.77. The first-order valence-electron chi connectivity index (χ1n) is 7.73. The van der Waals surface area contributed by atoms with Gasteiger partial charge in [-0.1, -0.05) is 48.5 Å². The molecular formula is C17H29N3O. The Bertz CT molecular complexity index is 521. The zero-order valence-electron chi connectivity index (χ0n) is 14.2. The van der Waals surface area contributed by atoms with Crippen molar-refractivity contribution in [2.24, 2.45) is 16.7 Å². The van der Waals surface area contributed by atoms with Gasteiger partial charge in [-0.15, -0.1) is 5.10 Å². The molecule has 1 heterocycles. The lowest BCUT2D eigenvalue weighted by atomic mass is 9.45. The second-order valence-corrected chi connectivity index (χ2v) is 7.77. The van der Waals surface area contributed by atoms with Crippen molar-refractivity contribution >= 4 is 5.91 Å². The van der Waals surface area contributed by atoms with Crippen molar-refractivity contribution in [2.75, 3.05) is 0 Å². The Morgan fingerprint density at radius 2 is 1.76 bits per heavy atom. The maximum atomic E-state index is 12.4. The van der Waals surface area contributed by atoms with Gasteiger partial charge in [0.05, 0.1) is 5.69 Å². The minimum atomic E-state index is -0.129. The molecule has 4 heteroatoms. The lowest BCUT2D eigenvalue weighted by molar-refractivity contribution is -0.110. The molecule has 0 radical (unpaired) electrons. The van der Waals surface area contributed by atoms with Crippen molar-refractivity contribution in [3.05, 3.63) is 23.5 Å². The van der Waals surface area contributed by atoms with E-state index in [0.717, 1.165) is 5.69 Å². The highest BCUT2D eigenvalue weighted by Gasteiger charge is 2.59. The van der Waals surface area contributed by atoms with Crippen molar-refractivity contribution < 1.29 is 6.22 Å². The molecule has 1 aromatic heterocycles. The molecule has 1 aromatic rings. The number of nitrogens with one attached hydrogen (secondary N) is 1. The van der Waals surface area contributed by atoms with E-state index in [1.54, 1.807) is 6.07 Å². The van der Waals surface area contributed by atoms with E-state index in [1.807, 2.05) is 6.07 Å². The van der Waals surface area contributed by atoms with Gasteiger partial charge in [-0.2, -0.15) is 5.10 Å². The van der Waals surface area contributed by atoms with Crippen molar-refractivity contribution in [2.45, 2.75) is 60.4 Å². The number of carbonyl (C=O) groups excluding carboxylic acids is 1. The van der Waals surface area contributed by atoms with Crippen LogP contribution in [0.2, 0.25) is 0 Å². The Morgan fingerprint density at radius 3 is 2.19 bits per heavy atom. The van der Waals surface area contributed by atoms with Crippen molar-refractivity contribution in [3.8, 4) is 0 Å². The van der Waals surface area contributed by atoms with Gasteiger partial charge >= 0.3 is 0 Å². The van der Waals surface area contributed by atoms with Crippen LogP contribution >= 0.6 is 0 Å². The van der Waals surface area contributed by atoms with Crippen molar-refractivity contribution in [3.63, 3.8) is 0 Å². The van der Waals surface area contributed by atoms with E-state index in [4.69, 9.17) is 0 Å². The van der Waals surface area contributed by atoms with Gasteiger partial charge in [-0.25, -0.2) is 0 Å². The minimum Gasteiger partial charge on any atom is -0.347 e. The zero-order valence-corrected chi connectivity index (χ0v) is 14.2. The smallest absolute Gasteiger partial charge is 0.272 e. The maximum absolute atomic E-state index is 12.4. The minimum absolute atomic E-state index is 0. The number of carbonyl (C=O) groups is 1. The van der Waals surface area contributed by atoms with Gasteiger partial charge < -0.3 is 5.32 Å². The van der Waals surface area contributed by atoms with E-state index >= 15 is 0 Å². The number of rotatable bonds is 3. The lowest BCUT2D eigenvalue weighted by Crippen LogP contribution is -2.69. The van der Waals surface area contributed by atoms with Crippen LogP contribution in [0.15, 0.2) is 12.1 Å².